The Balaban J connectivity index is 1.64. The molecule has 10 heteroatoms. The Bertz CT molecular complexity index is 1330. The molecule has 3 aromatic carbocycles. The molecule has 3 rings (SSSR count). The Hall–Kier alpha value is -4.23. The maximum absolute atomic E-state index is 13.2. The van der Waals surface area contributed by atoms with Crippen LogP contribution in [-0.4, -0.2) is 33.4 Å². The molecule has 1 amide bonds. The van der Waals surface area contributed by atoms with Crippen LogP contribution >= 0.6 is 0 Å². The number of amides is 1. The van der Waals surface area contributed by atoms with Gasteiger partial charge in [0.25, 0.3) is 15.9 Å². The van der Waals surface area contributed by atoms with E-state index in [0.717, 1.165) is 5.56 Å². The van der Waals surface area contributed by atoms with Crippen molar-refractivity contribution in [3.63, 3.8) is 0 Å². The number of hydrogen-bond donors (Lipinski definition) is 1. The second-order valence-corrected chi connectivity index (χ2v) is 9.18. The Labute approximate surface area is 202 Å². The Kier molecular flexibility index (Phi) is 8.17. The molecule has 0 aliphatic heterocycles. The molecular formula is C25H22FN3O5S. The lowest BCUT2D eigenvalue weighted by Gasteiger charge is -2.21. The third-order valence-corrected chi connectivity index (χ3v) is 6.31. The fourth-order valence-electron chi connectivity index (χ4n) is 3.08. The zero-order chi connectivity index (χ0) is 25.4. The van der Waals surface area contributed by atoms with E-state index < -0.39 is 34.3 Å². The van der Waals surface area contributed by atoms with Crippen LogP contribution in [0.15, 0.2) is 77.7 Å². The molecule has 0 saturated carbocycles. The highest BCUT2D eigenvalue weighted by atomic mass is 32.2. The number of nitriles is 1. The molecule has 0 heterocycles. The number of benzene rings is 3. The van der Waals surface area contributed by atoms with Crippen LogP contribution in [0, 0.1) is 24.1 Å². The number of anilines is 2. The van der Waals surface area contributed by atoms with E-state index in [0.29, 0.717) is 11.4 Å². The predicted molar refractivity (Wildman–Crippen MR) is 128 cm³/mol. The van der Waals surface area contributed by atoms with E-state index in [1.807, 2.05) is 13.0 Å². The average Bonchev–Trinajstić information content (AvgIpc) is 2.85. The number of nitrogens with one attached hydrogen (secondary N) is 1. The van der Waals surface area contributed by atoms with Gasteiger partial charge < -0.3 is 9.64 Å². The van der Waals surface area contributed by atoms with Gasteiger partial charge in [0.05, 0.1) is 22.9 Å². The van der Waals surface area contributed by atoms with E-state index in [1.54, 1.807) is 24.3 Å². The molecule has 0 radical (unpaired) electrons. The topological polar surface area (TPSA) is 117 Å². The van der Waals surface area contributed by atoms with Gasteiger partial charge in [-0.2, -0.15) is 5.26 Å². The van der Waals surface area contributed by atoms with Crippen molar-refractivity contribution in [1.29, 1.82) is 5.26 Å². The first-order valence-corrected chi connectivity index (χ1v) is 12.0. The quantitative estimate of drug-likeness (QED) is 0.448. The highest BCUT2D eigenvalue weighted by molar-refractivity contribution is 7.92. The average molecular weight is 496 g/mol. The van der Waals surface area contributed by atoms with Crippen molar-refractivity contribution in [3.05, 3.63) is 89.7 Å². The van der Waals surface area contributed by atoms with Crippen LogP contribution in [0.2, 0.25) is 0 Å². The van der Waals surface area contributed by atoms with Crippen molar-refractivity contribution < 1.29 is 27.1 Å². The van der Waals surface area contributed by atoms with Crippen LogP contribution in [0.1, 0.15) is 22.3 Å². The summed E-state index contributed by atoms with van der Waals surface area (Å²) in [6.45, 7) is 1.31. The van der Waals surface area contributed by atoms with Crippen LogP contribution in [0.3, 0.4) is 0 Å². The van der Waals surface area contributed by atoms with E-state index in [1.165, 1.54) is 53.4 Å². The van der Waals surface area contributed by atoms with Crippen molar-refractivity contribution in [1.82, 2.24) is 0 Å². The number of halogens is 1. The number of sulfonamides is 1. The Morgan fingerprint density at radius 2 is 1.63 bits per heavy atom. The minimum Gasteiger partial charge on any atom is -0.452 e. The summed E-state index contributed by atoms with van der Waals surface area (Å²) >= 11 is 0. The standard InChI is InChI=1S/C25H22FN3O5S/c1-18-3-9-21(10-4-18)28-35(32,33)23-13-5-19(6-14-23)25(31)34-17-24(30)29(16-2-15-27)22-11-7-20(26)8-12-22/h3-14,28H,2,16-17H2,1H3. The van der Waals surface area contributed by atoms with Crippen LogP contribution < -0.4 is 9.62 Å². The summed E-state index contributed by atoms with van der Waals surface area (Å²) in [5, 5.41) is 8.85. The summed E-state index contributed by atoms with van der Waals surface area (Å²) in [5.41, 5.74) is 1.80. The summed E-state index contributed by atoms with van der Waals surface area (Å²) in [5.74, 6) is -1.90. The highest BCUT2D eigenvalue weighted by Crippen LogP contribution is 2.18. The van der Waals surface area contributed by atoms with Crippen LogP contribution in [0.4, 0.5) is 15.8 Å². The van der Waals surface area contributed by atoms with Crippen molar-refractivity contribution >= 4 is 33.3 Å². The Morgan fingerprint density at radius 1 is 1.00 bits per heavy atom. The fourth-order valence-corrected chi connectivity index (χ4v) is 4.13. The molecule has 0 aromatic heterocycles. The van der Waals surface area contributed by atoms with Gasteiger partial charge in [-0.15, -0.1) is 0 Å². The third kappa shape index (κ3) is 6.88. The number of ether oxygens (including phenoxy) is 1. The lowest BCUT2D eigenvalue weighted by atomic mass is 10.2. The third-order valence-electron chi connectivity index (χ3n) is 4.92. The molecule has 8 nitrogen and oxygen atoms in total. The lowest BCUT2D eigenvalue weighted by molar-refractivity contribution is -0.121. The molecule has 0 atom stereocenters. The Morgan fingerprint density at radius 3 is 2.23 bits per heavy atom. The van der Waals surface area contributed by atoms with E-state index in [2.05, 4.69) is 4.72 Å². The van der Waals surface area contributed by atoms with Gasteiger partial charge in [0.2, 0.25) is 0 Å². The molecule has 0 spiro atoms. The van der Waals surface area contributed by atoms with Crippen LogP contribution in [0.5, 0.6) is 0 Å². The normalized spacial score (nSPS) is 10.8. The second kappa shape index (κ2) is 11.3. The number of esters is 1. The first-order valence-electron chi connectivity index (χ1n) is 10.5. The number of carbonyl (C=O) groups is 2. The summed E-state index contributed by atoms with van der Waals surface area (Å²) in [6, 6.07) is 19.0. The highest BCUT2D eigenvalue weighted by Gasteiger charge is 2.19. The molecular weight excluding hydrogens is 473 g/mol. The van der Waals surface area contributed by atoms with Gasteiger partial charge in [0.15, 0.2) is 6.61 Å². The van der Waals surface area contributed by atoms with Gasteiger partial charge in [-0.3, -0.25) is 9.52 Å². The zero-order valence-electron chi connectivity index (χ0n) is 18.8. The van der Waals surface area contributed by atoms with E-state index in [9.17, 15) is 22.4 Å². The van der Waals surface area contributed by atoms with Gasteiger partial charge in [-0.25, -0.2) is 17.6 Å². The SMILES string of the molecule is Cc1ccc(NS(=O)(=O)c2ccc(C(=O)OCC(=O)N(CCC#N)c3ccc(F)cc3)cc2)cc1. The van der Waals surface area contributed by atoms with E-state index in [-0.39, 0.29) is 23.4 Å². The molecule has 0 aliphatic rings. The van der Waals surface area contributed by atoms with Crippen LogP contribution in [0.25, 0.3) is 0 Å². The molecule has 0 saturated heterocycles. The maximum Gasteiger partial charge on any atom is 0.338 e. The van der Waals surface area contributed by atoms with E-state index >= 15 is 0 Å². The van der Waals surface area contributed by atoms with Gasteiger partial charge in [0, 0.05) is 17.9 Å². The number of hydrogen-bond acceptors (Lipinski definition) is 6. The summed E-state index contributed by atoms with van der Waals surface area (Å²) in [4.78, 5) is 26.2. The second-order valence-electron chi connectivity index (χ2n) is 7.50. The van der Waals surface area contributed by atoms with Crippen molar-refractivity contribution in [3.8, 4) is 6.07 Å². The van der Waals surface area contributed by atoms with Gasteiger partial charge in [-0.1, -0.05) is 17.7 Å². The smallest absolute Gasteiger partial charge is 0.338 e. The predicted octanol–water partition coefficient (Wildman–Crippen LogP) is 4.04. The molecule has 35 heavy (non-hydrogen) atoms. The molecule has 180 valence electrons. The molecule has 3 aromatic rings. The summed E-state index contributed by atoms with van der Waals surface area (Å²) < 4.78 is 45.9. The molecule has 0 bridgehead atoms. The van der Waals surface area contributed by atoms with Crippen LogP contribution in [-0.2, 0) is 19.6 Å². The molecule has 1 N–H and O–H groups in total. The van der Waals surface area contributed by atoms with Gasteiger partial charge >= 0.3 is 5.97 Å². The number of rotatable bonds is 9. The number of carbonyl (C=O) groups excluding carboxylic acids is 2. The first-order chi connectivity index (χ1) is 16.7. The number of nitrogens with zero attached hydrogens (tertiary/aromatic N) is 2. The largest absolute Gasteiger partial charge is 0.452 e. The minimum atomic E-state index is -3.86. The first kappa shape index (κ1) is 25.4. The molecule has 0 unspecified atom stereocenters. The van der Waals surface area contributed by atoms with E-state index in [4.69, 9.17) is 10.00 Å². The monoisotopic (exact) mass is 495 g/mol. The maximum atomic E-state index is 13.2. The van der Waals surface area contributed by atoms with Crippen molar-refractivity contribution in [2.24, 2.45) is 0 Å². The molecule has 0 fully saturated rings. The fraction of sp³-hybridized carbons (Fsp3) is 0.160. The summed E-state index contributed by atoms with van der Waals surface area (Å²) in [7, 11) is -3.86. The van der Waals surface area contributed by atoms with Gasteiger partial charge in [-0.05, 0) is 67.6 Å². The number of aryl methyl sites for hydroxylation is 1. The van der Waals surface area contributed by atoms with Gasteiger partial charge in [0.1, 0.15) is 5.82 Å². The summed E-state index contributed by atoms with van der Waals surface area (Å²) in [6.07, 6.45) is 0.0314. The van der Waals surface area contributed by atoms with Crippen molar-refractivity contribution in [2.45, 2.75) is 18.2 Å². The minimum absolute atomic E-state index is 0.0314. The lowest BCUT2D eigenvalue weighted by Crippen LogP contribution is -2.35. The zero-order valence-corrected chi connectivity index (χ0v) is 19.6. The molecule has 0 aliphatic carbocycles. The van der Waals surface area contributed by atoms with Crippen molar-refractivity contribution in [2.75, 3.05) is 22.8 Å².